The topological polar surface area (TPSA) is 46.5 Å². The van der Waals surface area contributed by atoms with E-state index in [-0.39, 0.29) is 12.1 Å². The zero-order chi connectivity index (χ0) is 16.5. The van der Waals surface area contributed by atoms with Crippen molar-refractivity contribution in [1.29, 1.82) is 0 Å². The molecule has 1 aliphatic heterocycles. The number of carbonyl (C=O) groups excluding carboxylic acids is 1. The third kappa shape index (κ3) is 3.02. The number of ether oxygens (including phenoxy) is 1. The van der Waals surface area contributed by atoms with Gasteiger partial charge in [0.2, 0.25) is 6.23 Å². The summed E-state index contributed by atoms with van der Waals surface area (Å²) in [6, 6.07) is 9.33. The van der Waals surface area contributed by atoms with Crippen LogP contribution in [-0.4, -0.2) is 42.4 Å². The predicted molar refractivity (Wildman–Crippen MR) is 88.4 cm³/mol. The molecule has 0 amide bonds. The monoisotopic (exact) mass is 318 g/mol. The van der Waals surface area contributed by atoms with Crippen LogP contribution in [0, 0.1) is 5.92 Å². The number of aliphatic hydroxyl groups is 1. The van der Waals surface area contributed by atoms with Crippen molar-refractivity contribution in [2.24, 2.45) is 5.92 Å². The fraction of sp³-hybridized carbons (Fsp3) is 0.632. The van der Waals surface area contributed by atoms with E-state index in [0.717, 1.165) is 45.1 Å². The zero-order valence-electron chi connectivity index (χ0n) is 14.2. The van der Waals surface area contributed by atoms with Crippen LogP contribution in [0.15, 0.2) is 30.3 Å². The average molecular weight is 318 g/mol. The molecule has 1 heterocycles. The highest BCUT2D eigenvalue weighted by atomic mass is 16.6. The molecule has 4 heteroatoms. The second kappa shape index (κ2) is 6.25. The number of carbonyl (C=O) groups is 1. The first kappa shape index (κ1) is 16.5. The molecular weight excluding hydrogens is 290 g/mol. The third-order valence-corrected chi connectivity index (χ3v) is 5.68. The van der Waals surface area contributed by atoms with Gasteiger partial charge in [0.15, 0.2) is 5.60 Å². The molecule has 0 radical (unpaired) electrons. The van der Waals surface area contributed by atoms with E-state index < -0.39 is 11.6 Å². The van der Waals surface area contributed by atoms with Gasteiger partial charge in [-0.05, 0) is 18.4 Å². The standard InChI is InChI=1S/C19H28NO3/c1-20(2)14-8-13-17(20)23-18(21)19(22,16-11-6-7-12-16)15-9-4-3-5-10-15/h3-5,9-10,16-17,22H,6-8,11-14H2,1-2H3/q+1/t17-,19+/m1/s1. The number of hydrogen-bond acceptors (Lipinski definition) is 3. The van der Waals surface area contributed by atoms with E-state index in [4.69, 9.17) is 4.74 Å². The maximum atomic E-state index is 13.0. The summed E-state index contributed by atoms with van der Waals surface area (Å²) in [4.78, 5) is 13.0. The summed E-state index contributed by atoms with van der Waals surface area (Å²) in [5.74, 6) is -0.511. The van der Waals surface area contributed by atoms with Crippen molar-refractivity contribution in [1.82, 2.24) is 0 Å². The van der Waals surface area contributed by atoms with Crippen LogP contribution in [-0.2, 0) is 15.1 Å². The van der Waals surface area contributed by atoms with Crippen molar-refractivity contribution in [3.05, 3.63) is 35.9 Å². The minimum absolute atomic E-state index is 0.0468. The summed E-state index contributed by atoms with van der Waals surface area (Å²) in [7, 11) is 4.17. The fourth-order valence-corrected chi connectivity index (χ4v) is 4.14. The lowest BCUT2D eigenvalue weighted by Gasteiger charge is -2.36. The van der Waals surface area contributed by atoms with Gasteiger partial charge in [0, 0.05) is 18.8 Å². The van der Waals surface area contributed by atoms with Gasteiger partial charge in [0.25, 0.3) is 0 Å². The van der Waals surface area contributed by atoms with E-state index >= 15 is 0 Å². The Bertz CT molecular complexity index is 551. The van der Waals surface area contributed by atoms with Crippen molar-refractivity contribution in [3.8, 4) is 0 Å². The Hall–Kier alpha value is -1.39. The molecule has 126 valence electrons. The zero-order valence-corrected chi connectivity index (χ0v) is 14.2. The first-order chi connectivity index (χ1) is 10.9. The van der Waals surface area contributed by atoms with E-state index in [1.807, 2.05) is 30.3 Å². The van der Waals surface area contributed by atoms with Gasteiger partial charge >= 0.3 is 5.97 Å². The van der Waals surface area contributed by atoms with E-state index in [1.165, 1.54) is 0 Å². The molecule has 23 heavy (non-hydrogen) atoms. The Kier molecular flexibility index (Phi) is 4.47. The smallest absolute Gasteiger partial charge is 0.347 e. The molecule has 4 nitrogen and oxygen atoms in total. The second-order valence-electron chi connectivity index (χ2n) is 7.62. The highest BCUT2D eigenvalue weighted by Crippen LogP contribution is 2.42. The first-order valence-electron chi connectivity index (χ1n) is 8.76. The average Bonchev–Trinajstić information content (AvgIpc) is 3.18. The van der Waals surface area contributed by atoms with Crippen molar-refractivity contribution in [2.75, 3.05) is 20.6 Å². The van der Waals surface area contributed by atoms with Crippen LogP contribution in [0.5, 0.6) is 0 Å². The molecule has 2 aliphatic rings. The normalized spacial score (nSPS) is 26.8. The quantitative estimate of drug-likeness (QED) is 0.686. The molecular formula is C19H28NO3+. The summed E-state index contributed by atoms with van der Waals surface area (Å²) in [5.41, 5.74) is -0.847. The van der Waals surface area contributed by atoms with Gasteiger partial charge in [-0.3, -0.25) is 4.48 Å². The minimum Gasteiger partial charge on any atom is -0.410 e. The molecule has 0 spiro atoms. The molecule has 1 aromatic carbocycles. The lowest BCUT2D eigenvalue weighted by Crippen LogP contribution is -2.51. The molecule has 2 atom stereocenters. The van der Waals surface area contributed by atoms with Gasteiger partial charge in [-0.25, -0.2) is 4.79 Å². The Balaban J connectivity index is 1.87. The van der Waals surface area contributed by atoms with Crippen molar-refractivity contribution in [3.63, 3.8) is 0 Å². The Labute approximate surface area is 138 Å². The van der Waals surface area contributed by atoms with Gasteiger partial charge in [0.05, 0.1) is 20.6 Å². The second-order valence-corrected chi connectivity index (χ2v) is 7.62. The molecule has 0 unspecified atom stereocenters. The fourth-order valence-electron chi connectivity index (χ4n) is 4.14. The summed E-state index contributed by atoms with van der Waals surface area (Å²) < 4.78 is 6.52. The summed E-state index contributed by atoms with van der Waals surface area (Å²) >= 11 is 0. The molecule has 1 saturated heterocycles. The van der Waals surface area contributed by atoms with Crippen LogP contribution in [0.2, 0.25) is 0 Å². The molecule has 1 N–H and O–H groups in total. The van der Waals surface area contributed by atoms with Crippen LogP contribution in [0.3, 0.4) is 0 Å². The highest BCUT2D eigenvalue weighted by molar-refractivity contribution is 5.81. The van der Waals surface area contributed by atoms with Gasteiger partial charge in [0.1, 0.15) is 0 Å². The predicted octanol–water partition coefficient (Wildman–Crippen LogP) is 2.80. The molecule has 0 aromatic heterocycles. The SMILES string of the molecule is C[N+]1(C)CCC[C@H]1OC(=O)[C@](O)(c1ccccc1)C1CCCC1. The van der Waals surface area contributed by atoms with E-state index in [9.17, 15) is 9.90 Å². The third-order valence-electron chi connectivity index (χ3n) is 5.68. The number of likely N-dealkylation sites (tertiary alicyclic amines) is 1. The summed E-state index contributed by atoms with van der Waals surface area (Å²) in [6.45, 7) is 1.01. The maximum absolute atomic E-state index is 13.0. The maximum Gasteiger partial charge on any atom is 0.347 e. The number of esters is 1. The molecule has 1 aliphatic carbocycles. The largest absolute Gasteiger partial charge is 0.410 e. The minimum atomic E-state index is -1.51. The van der Waals surface area contributed by atoms with Gasteiger partial charge < -0.3 is 9.84 Å². The van der Waals surface area contributed by atoms with Crippen LogP contribution < -0.4 is 0 Å². The first-order valence-corrected chi connectivity index (χ1v) is 8.76. The van der Waals surface area contributed by atoms with Crippen LogP contribution >= 0.6 is 0 Å². The Morgan fingerprint density at radius 2 is 1.78 bits per heavy atom. The van der Waals surface area contributed by atoms with Gasteiger partial charge in [-0.1, -0.05) is 43.2 Å². The number of rotatable bonds is 4. The summed E-state index contributed by atoms with van der Waals surface area (Å²) in [5, 5.41) is 11.4. The van der Waals surface area contributed by atoms with Gasteiger partial charge in [-0.15, -0.1) is 0 Å². The number of quaternary nitrogens is 1. The molecule has 2 fully saturated rings. The Morgan fingerprint density at radius 1 is 1.13 bits per heavy atom. The highest BCUT2D eigenvalue weighted by Gasteiger charge is 2.50. The van der Waals surface area contributed by atoms with E-state index in [0.29, 0.717) is 10.0 Å². The Morgan fingerprint density at radius 3 is 2.35 bits per heavy atom. The number of hydrogen-bond donors (Lipinski definition) is 1. The molecule has 3 rings (SSSR count). The van der Waals surface area contributed by atoms with Crippen LogP contribution in [0.4, 0.5) is 0 Å². The molecule has 1 aromatic rings. The summed E-state index contributed by atoms with van der Waals surface area (Å²) in [6.07, 6.45) is 5.66. The molecule has 1 saturated carbocycles. The van der Waals surface area contributed by atoms with Crippen molar-refractivity contribution < 1.29 is 19.1 Å². The lowest BCUT2D eigenvalue weighted by atomic mass is 9.80. The van der Waals surface area contributed by atoms with Crippen molar-refractivity contribution >= 4 is 5.97 Å². The number of nitrogens with zero attached hydrogens (tertiary/aromatic N) is 1. The van der Waals surface area contributed by atoms with E-state index in [1.54, 1.807) is 0 Å². The molecule has 0 bridgehead atoms. The van der Waals surface area contributed by atoms with E-state index in [2.05, 4.69) is 14.1 Å². The van der Waals surface area contributed by atoms with Crippen LogP contribution in [0.1, 0.15) is 44.1 Å². The van der Waals surface area contributed by atoms with Crippen LogP contribution in [0.25, 0.3) is 0 Å². The van der Waals surface area contributed by atoms with Crippen molar-refractivity contribution in [2.45, 2.75) is 50.4 Å². The number of benzene rings is 1. The lowest BCUT2D eigenvalue weighted by molar-refractivity contribution is -0.921. The van der Waals surface area contributed by atoms with Gasteiger partial charge in [-0.2, -0.15) is 0 Å².